The molecule has 6 rings (SSSR count). The Morgan fingerprint density at radius 3 is 2.63 bits per heavy atom. The summed E-state index contributed by atoms with van der Waals surface area (Å²) in [6.07, 6.45) is 7.01. The molecule has 1 aromatic carbocycles. The molecule has 4 aromatic rings. The summed E-state index contributed by atoms with van der Waals surface area (Å²) in [6, 6.07) is 18.0. The van der Waals surface area contributed by atoms with Crippen LogP contribution in [0.1, 0.15) is 45.7 Å². The maximum Gasteiger partial charge on any atom is 0.314 e. The van der Waals surface area contributed by atoms with E-state index in [0.717, 1.165) is 41.8 Å². The zero-order chi connectivity index (χ0) is 24.2. The second-order valence-corrected chi connectivity index (χ2v) is 11.0. The highest BCUT2D eigenvalue weighted by atomic mass is 15.4. The zero-order valence-corrected chi connectivity index (χ0v) is 20.9. The molecule has 5 heterocycles. The minimum absolute atomic E-state index is 0.160. The van der Waals surface area contributed by atoms with Crippen molar-refractivity contribution in [1.82, 2.24) is 24.3 Å². The molecule has 7 heteroatoms. The minimum atomic E-state index is 0.160. The molecule has 2 bridgehead atoms. The molecule has 3 aromatic heterocycles. The molecular weight excluding hydrogens is 434 g/mol. The van der Waals surface area contributed by atoms with Crippen molar-refractivity contribution in [3.63, 3.8) is 0 Å². The summed E-state index contributed by atoms with van der Waals surface area (Å²) in [7, 11) is 0. The first-order valence-electron chi connectivity index (χ1n) is 12.6. The van der Waals surface area contributed by atoms with Crippen LogP contribution >= 0.6 is 0 Å². The van der Waals surface area contributed by atoms with Gasteiger partial charge >= 0.3 is 5.95 Å². The van der Waals surface area contributed by atoms with E-state index < -0.39 is 0 Å². The smallest absolute Gasteiger partial charge is 0.314 e. The molecule has 4 atom stereocenters. The quantitative estimate of drug-likeness (QED) is 0.467. The number of hydrogen-bond donors (Lipinski definition) is 2. The van der Waals surface area contributed by atoms with Gasteiger partial charge in [0, 0.05) is 48.2 Å². The van der Waals surface area contributed by atoms with Crippen LogP contribution in [0.2, 0.25) is 0 Å². The molecule has 2 saturated heterocycles. The number of fused-ring (bicyclic) bond motifs is 3. The molecule has 2 aliphatic rings. The van der Waals surface area contributed by atoms with Crippen molar-refractivity contribution in [2.75, 3.05) is 18.4 Å². The van der Waals surface area contributed by atoms with Crippen LogP contribution in [-0.4, -0.2) is 55.0 Å². The number of aromatic nitrogens is 4. The van der Waals surface area contributed by atoms with Crippen molar-refractivity contribution in [1.29, 1.82) is 0 Å². The second-order valence-electron chi connectivity index (χ2n) is 11.0. The van der Waals surface area contributed by atoms with Gasteiger partial charge in [-0.2, -0.15) is 4.98 Å². The van der Waals surface area contributed by atoms with Gasteiger partial charge in [0.25, 0.3) is 0 Å². The Morgan fingerprint density at radius 2 is 1.89 bits per heavy atom. The number of benzene rings is 1. The molecule has 0 spiro atoms. The van der Waals surface area contributed by atoms with Crippen LogP contribution < -0.4 is 10.2 Å². The highest BCUT2D eigenvalue weighted by Crippen LogP contribution is 2.30. The molecule has 2 N–H and O–H groups in total. The van der Waals surface area contributed by atoms with Gasteiger partial charge < -0.3 is 5.32 Å². The monoisotopic (exact) mass is 468 g/mol. The predicted octanol–water partition coefficient (Wildman–Crippen LogP) is 3.74. The standard InChI is InChI=1S/C28H33N7/c1-19(20-8-6-5-7-9-20)31-25-14-21(10-11-29-25)24-16-26-30-12-13-33(26)27(32-24)34-17-23-15-22(34)18-35(23)28(2,3)4/h5-14,16,19,22-23H,15,17-18H2,1-4H3,(H,29,31)/p+1/t19-,22?,23?/m0/s1. The normalized spacial score (nSPS) is 23.1. The number of piperazine rings is 1. The van der Waals surface area contributed by atoms with Crippen LogP contribution in [0.3, 0.4) is 0 Å². The van der Waals surface area contributed by atoms with Crippen LogP contribution in [0, 0.1) is 0 Å². The average molecular weight is 469 g/mol. The van der Waals surface area contributed by atoms with Gasteiger partial charge in [0.1, 0.15) is 24.1 Å². The van der Waals surface area contributed by atoms with E-state index in [1.165, 1.54) is 16.9 Å². The Kier molecular flexibility index (Phi) is 5.34. The highest BCUT2D eigenvalue weighted by Gasteiger charge is 2.51. The Bertz CT molecular complexity index is 1340. The fraction of sp³-hybridized carbons (Fsp3) is 0.393. The number of rotatable bonds is 5. The Balaban J connectivity index is 1.31. The van der Waals surface area contributed by atoms with E-state index in [9.17, 15) is 0 Å². The first kappa shape index (κ1) is 22.2. The molecule has 35 heavy (non-hydrogen) atoms. The van der Waals surface area contributed by atoms with Crippen LogP contribution in [-0.2, 0) is 0 Å². The van der Waals surface area contributed by atoms with Gasteiger partial charge in [-0.3, -0.25) is 9.80 Å². The summed E-state index contributed by atoms with van der Waals surface area (Å²) in [5.41, 5.74) is 4.38. The molecule has 0 amide bonds. The highest BCUT2D eigenvalue weighted by molar-refractivity contribution is 5.67. The van der Waals surface area contributed by atoms with Crippen molar-refractivity contribution in [2.24, 2.45) is 0 Å². The maximum absolute atomic E-state index is 5.22. The summed E-state index contributed by atoms with van der Waals surface area (Å²) in [4.78, 5) is 18.6. The van der Waals surface area contributed by atoms with Crippen LogP contribution in [0.25, 0.3) is 16.9 Å². The first-order valence-corrected chi connectivity index (χ1v) is 12.6. The molecule has 180 valence electrons. The summed E-state index contributed by atoms with van der Waals surface area (Å²) in [5, 5.41) is 3.54. The lowest BCUT2D eigenvalue weighted by molar-refractivity contribution is -0.857. The zero-order valence-electron chi connectivity index (χ0n) is 20.9. The van der Waals surface area contributed by atoms with Crippen LogP contribution in [0.5, 0.6) is 0 Å². The van der Waals surface area contributed by atoms with Gasteiger partial charge in [0.2, 0.25) is 0 Å². The molecule has 3 unspecified atom stereocenters. The lowest BCUT2D eigenvalue weighted by atomic mass is 10.0. The fourth-order valence-corrected chi connectivity index (χ4v) is 5.89. The number of likely N-dealkylation sites (tertiary alicyclic amines) is 1. The van der Waals surface area contributed by atoms with E-state index in [1.54, 1.807) is 0 Å². The summed E-state index contributed by atoms with van der Waals surface area (Å²) < 4.78 is 2.17. The van der Waals surface area contributed by atoms with E-state index in [-0.39, 0.29) is 11.6 Å². The third-order valence-electron chi connectivity index (χ3n) is 7.62. The van der Waals surface area contributed by atoms with Crippen LogP contribution in [0.15, 0.2) is 67.1 Å². The molecule has 0 saturated carbocycles. The van der Waals surface area contributed by atoms with Crippen molar-refractivity contribution in [3.8, 4) is 11.3 Å². The van der Waals surface area contributed by atoms with Crippen molar-refractivity contribution < 1.29 is 4.90 Å². The third kappa shape index (κ3) is 4.09. The average Bonchev–Trinajstić information content (AvgIpc) is 3.59. The number of nitrogens with one attached hydrogen (secondary N) is 2. The molecule has 7 nitrogen and oxygen atoms in total. The Hall–Kier alpha value is -3.29. The summed E-state index contributed by atoms with van der Waals surface area (Å²) in [5.74, 6) is 1.92. The topological polar surface area (TPSA) is 62.8 Å². The van der Waals surface area contributed by atoms with Gasteiger partial charge in [-0.25, -0.2) is 14.4 Å². The number of hydrogen-bond acceptors (Lipinski definition) is 5. The fourth-order valence-electron chi connectivity index (χ4n) is 5.89. The lowest BCUT2D eigenvalue weighted by Gasteiger charge is -2.39. The van der Waals surface area contributed by atoms with Crippen molar-refractivity contribution in [2.45, 2.75) is 57.8 Å². The molecule has 2 fully saturated rings. The van der Waals surface area contributed by atoms with E-state index in [1.807, 2.05) is 30.7 Å². The maximum atomic E-state index is 5.22. The van der Waals surface area contributed by atoms with Crippen molar-refractivity contribution >= 4 is 17.4 Å². The van der Waals surface area contributed by atoms with Gasteiger partial charge in [0.15, 0.2) is 0 Å². The molecule has 0 aliphatic carbocycles. The van der Waals surface area contributed by atoms with Gasteiger partial charge in [-0.05, 0) is 45.4 Å². The largest absolute Gasteiger partial charge is 0.364 e. The van der Waals surface area contributed by atoms with Gasteiger partial charge in [0.05, 0.1) is 18.3 Å². The molecular formula is C28H34N7+. The molecule has 0 radical (unpaired) electrons. The minimum Gasteiger partial charge on any atom is -0.364 e. The van der Waals surface area contributed by atoms with E-state index in [2.05, 4.69) is 88.7 Å². The summed E-state index contributed by atoms with van der Waals surface area (Å²) in [6.45, 7) is 11.3. The number of imidazole rings is 1. The van der Waals surface area contributed by atoms with E-state index in [4.69, 9.17) is 4.98 Å². The predicted molar refractivity (Wildman–Crippen MR) is 139 cm³/mol. The number of quaternary nitrogens is 1. The van der Waals surface area contributed by atoms with Crippen LogP contribution in [0.4, 0.5) is 11.8 Å². The Labute approximate surface area is 206 Å². The second kappa shape index (κ2) is 8.43. The SMILES string of the molecule is C[C@H](Nc1cc(-c2cc3nccn3c([NH+]3CC4CC3CN4C(C)(C)C)n2)ccn1)c1ccccc1. The number of nitrogens with zero attached hydrogens (tertiary/aromatic N) is 5. The van der Waals surface area contributed by atoms with Gasteiger partial charge in [-0.15, -0.1) is 0 Å². The first-order chi connectivity index (χ1) is 16.9. The summed E-state index contributed by atoms with van der Waals surface area (Å²) >= 11 is 0. The van der Waals surface area contributed by atoms with E-state index in [0.29, 0.717) is 12.1 Å². The van der Waals surface area contributed by atoms with Crippen molar-refractivity contribution in [3.05, 3.63) is 72.7 Å². The Morgan fingerprint density at radius 1 is 1.06 bits per heavy atom. The van der Waals surface area contributed by atoms with Gasteiger partial charge in [-0.1, -0.05) is 30.3 Å². The van der Waals surface area contributed by atoms with E-state index >= 15 is 0 Å². The molecule has 2 aliphatic heterocycles. The number of anilines is 1. The third-order valence-corrected chi connectivity index (χ3v) is 7.62. The number of pyridine rings is 1. The lowest BCUT2D eigenvalue weighted by Crippen LogP contribution is -3.12.